The summed E-state index contributed by atoms with van der Waals surface area (Å²) < 4.78 is 37.9. The first-order valence-corrected chi connectivity index (χ1v) is 20.2. The number of anilines is 1. The molecule has 0 aliphatic heterocycles. The van der Waals surface area contributed by atoms with Crippen molar-refractivity contribution in [1.82, 2.24) is 0 Å². The minimum Gasteiger partial charge on any atom is -0.463 e. The van der Waals surface area contributed by atoms with Gasteiger partial charge in [-0.15, -0.1) is 0 Å². The second-order valence-corrected chi connectivity index (χ2v) is 13.0. The predicted molar refractivity (Wildman–Crippen MR) is 205 cm³/mol. The Morgan fingerprint density at radius 3 is 1.25 bits per heavy atom. The highest BCUT2D eigenvalue weighted by molar-refractivity contribution is 5.89. The fourth-order valence-electron chi connectivity index (χ4n) is 5.32. The molecule has 1 N–H and O–H groups in total. The zero-order valence-corrected chi connectivity index (χ0v) is 32.4. The van der Waals surface area contributed by atoms with Crippen molar-refractivity contribution in [3.8, 4) is 0 Å². The van der Waals surface area contributed by atoms with Crippen LogP contribution in [0.3, 0.4) is 0 Å². The molecular weight excluding hydrogens is 650 g/mol. The molecule has 0 spiro atoms. The quantitative estimate of drug-likeness (QED) is 0.0522. The van der Waals surface area contributed by atoms with Crippen LogP contribution in [-0.2, 0) is 38.0 Å². The summed E-state index contributed by atoms with van der Waals surface area (Å²) in [5.74, 6) is -0.494. The normalized spacial score (nSPS) is 11.2. The van der Waals surface area contributed by atoms with E-state index in [2.05, 4.69) is 19.2 Å². The zero-order valence-electron chi connectivity index (χ0n) is 32.4. The first kappa shape index (κ1) is 46.8. The van der Waals surface area contributed by atoms with Gasteiger partial charge in [-0.3, -0.25) is 4.79 Å². The molecule has 0 unspecified atom stereocenters. The Balaban J connectivity index is 1.73. The molecule has 1 aromatic rings. The molecule has 51 heavy (non-hydrogen) atoms. The lowest BCUT2D eigenvalue weighted by Gasteiger charge is -2.09. The van der Waals surface area contributed by atoms with Crippen LogP contribution >= 0.6 is 0 Å². The molecule has 0 heterocycles. The molecule has 1 rings (SSSR count). The van der Waals surface area contributed by atoms with Gasteiger partial charge < -0.3 is 38.5 Å². The molecule has 0 aliphatic rings. The van der Waals surface area contributed by atoms with Crippen LogP contribution in [0.2, 0.25) is 0 Å². The third-order valence-electron chi connectivity index (χ3n) is 8.40. The summed E-state index contributed by atoms with van der Waals surface area (Å²) >= 11 is 0. The Hall–Kier alpha value is -2.24. The Kier molecular flexibility index (Phi) is 34.4. The van der Waals surface area contributed by atoms with Crippen LogP contribution < -0.4 is 5.32 Å². The average Bonchev–Trinajstić information content (AvgIpc) is 3.14. The lowest BCUT2D eigenvalue weighted by molar-refractivity contribution is -0.145. The number of hydrogen-bond donors (Lipinski definition) is 1. The Labute approximate surface area is 310 Å². The van der Waals surface area contributed by atoms with E-state index < -0.39 is 0 Å². The van der Waals surface area contributed by atoms with Gasteiger partial charge in [-0.2, -0.15) is 0 Å². The monoisotopic (exact) mass is 724 g/mol. The van der Waals surface area contributed by atoms with Gasteiger partial charge in [0.15, 0.2) is 0 Å². The summed E-state index contributed by atoms with van der Waals surface area (Å²) in [6, 6.07) is 7.30. The second kappa shape index (κ2) is 37.5. The Morgan fingerprint density at radius 1 is 0.451 bits per heavy atom. The summed E-state index contributed by atoms with van der Waals surface area (Å²) in [4.78, 5) is 24.0. The van der Waals surface area contributed by atoms with Crippen molar-refractivity contribution >= 4 is 17.6 Å². The number of esters is 2. The van der Waals surface area contributed by atoms with Crippen molar-refractivity contribution in [2.24, 2.45) is 0 Å². The van der Waals surface area contributed by atoms with Crippen LogP contribution in [0.5, 0.6) is 0 Å². The molecule has 0 atom stereocenters. The van der Waals surface area contributed by atoms with Gasteiger partial charge >= 0.3 is 11.9 Å². The third-order valence-corrected chi connectivity index (χ3v) is 8.40. The molecule has 10 heteroatoms. The fourth-order valence-corrected chi connectivity index (χ4v) is 5.32. The molecule has 10 nitrogen and oxygen atoms in total. The van der Waals surface area contributed by atoms with Crippen molar-refractivity contribution < 1.29 is 42.7 Å². The van der Waals surface area contributed by atoms with E-state index in [9.17, 15) is 9.59 Å². The highest BCUT2D eigenvalue weighted by atomic mass is 16.6. The van der Waals surface area contributed by atoms with E-state index >= 15 is 0 Å². The van der Waals surface area contributed by atoms with Crippen molar-refractivity contribution in [2.45, 2.75) is 129 Å². The van der Waals surface area contributed by atoms with Gasteiger partial charge in [-0.25, -0.2) is 4.79 Å². The van der Waals surface area contributed by atoms with Gasteiger partial charge in [0.05, 0.1) is 71.6 Å². The lowest BCUT2D eigenvalue weighted by atomic mass is 10.0. The molecule has 296 valence electrons. The molecule has 0 aliphatic carbocycles. The van der Waals surface area contributed by atoms with Crippen LogP contribution in [0, 0.1) is 0 Å². The van der Waals surface area contributed by atoms with E-state index in [1.165, 1.54) is 83.5 Å². The number of carbonyl (C=O) groups excluding carboxylic acids is 2. The summed E-state index contributed by atoms with van der Waals surface area (Å²) in [7, 11) is 0. The topological polar surface area (TPSA) is 111 Å². The first-order chi connectivity index (χ1) is 25.2. The van der Waals surface area contributed by atoms with E-state index in [0.29, 0.717) is 78.1 Å². The van der Waals surface area contributed by atoms with Crippen molar-refractivity contribution in [3.63, 3.8) is 0 Å². The number of rotatable bonds is 39. The van der Waals surface area contributed by atoms with Gasteiger partial charge in [0, 0.05) is 18.7 Å². The van der Waals surface area contributed by atoms with Crippen LogP contribution in [0.15, 0.2) is 24.3 Å². The molecule has 0 amide bonds. The number of hydrogen-bond acceptors (Lipinski definition) is 10. The van der Waals surface area contributed by atoms with E-state index in [1.54, 1.807) is 12.1 Å². The number of ether oxygens (including phenoxy) is 7. The molecule has 0 bridgehead atoms. The minimum absolute atomic E-state index is 0.135. The van der Waals surface area contributed by atoms with Gasteiger partial charge in [0.2, 0.25) is 0 Å². The van der Waals surface area contributed by atoms with Gasteiger partial charge in [0.25, 0.3) is 0 Å². The predicted octanol–water partition coefficient (Wildman–Crippen LogP) is 8.94. The van der Waals surface area contributed by atoms with Crippen molar-refractivity contribution in [3.05, 3.63) is 29.8 Å². The zero-order chi connectivity index (χ0) is 36.7. The molecular formula is C41H73NO9. The minimum atomic E-state index is -0.359. The number of nitrogens with one attached hydrogen (secondary N) is 1. The van der Waals surface area contributed by atoms with E-state index in [-0.39, 0.29) is 25.2 Å². The molecule has 0 fully saturated rings. The molecule has 0 saturated heterocycles. The van der Waals surface area contributed by atoms with E-state index in [0.717, 1.165) is 37.9 Å². The molecule has 0 aromatic heterocycles. The molecule has 0 saturated carbocycles. The standard InChI is InChI=1S/C41H73NO9/c1-3-5-7-8-9-10-11-12-13-14-15-16-17-18-19-20-40(43)50-36-34-48-32-30-46-28-26-45-27-29-47-31-33-49-35-37-51-41(44)38-21-23-39(24-22-38)42-25-6-4-2/h21-24,42H,3-20,25-37H2,1-2H3. The number of unbranched alkanes of at least 4 members (excludes halogenated alkanes) is 15. The van der Waals surface area contributed by atoms with Crippen molar-refractivity contribution in [2.75, 3.05) is 91.1 Å². The lowest BCUT2D eigenvalue weighted by Crippen LogP contribution is -2.15. The first-order valence-electron chi connectivity index (χ1n) is 20.2. The summed E-state index contributed by atoms with van der Waals surface area (Å²) in [6.07, 6.45) is 22.4. The van der Waals surface area contributed by atoms with Crippen LogP contribution in [0.4, 0.5) is 5.69 Å². The largest absolute Gasteiger partial charge is 0.463 e. The van der Waals surface area contributed by atoms with Crippen LogP contribution in [-0.4, -0.2) is 97.8 Å². The SMILES string of the molecule is CCCCCCCCCCCCCCCCCC(=O)OCCOCCOCCOCCOCCOCCOC(=O)c1ccc(NCCCC)cc1. The highest BCUT2D eigenvalue weighted by Crippen LogP contribution is 2.14. The molecule has 1 aromatic carbocycles. The Morgan fingerprint density at radius 2 is 0.824 bits per heavy atom. The Bertz CT molecular complexity index is 900. The summed E-state index contributed by atoms with van der Waals surface area (Å²) in [5.41, 5.74) is 1.52. The second-order valence-electron chi connectivity index (χ2n) is 13.0. The van der Waals surface area contributed by atoms with Crippen LogP contribution in [0.25, 0.3) is 0 Å². The maximum Gasteiger partial charge on any atom is 0.338 e. The maximum absolute atomic E-state index is 12.1. The van der Waals surface area contributed by atoms with Gasteiger partial charge in [-0.1, -0.05) is 110 Å². The summed E-state index contributed by atoms with van der Waals surface area (Å²) in [5, 5.41) is 3.32. The molecule has 0 radical (unpaired) electrons. The fraction of sp³-hybridized carbons (Fsp3) is 0.805. The van der Waals surface area contributed by atoms with Gasteiger partial charge in [0.1, 0.15) is 13.2 Å². The number of benzene rings is 1. The maximum atomic E-state index is 12.1. The summed E-state index contributed by atoms with van der Waals surface area (Å²) in [6.45, 7) is 10.1. The van der Waals surface area contributed by atoms with Gasteiger partial charge in [-0.05, 0) is 37.1 Å². The van der Waals surface area contributed by atoms with Crippen LogP contribution in [0.1, 0.15) is 140 Å². The van der Waals surface area contributed by atoms with E-state index in [4.69, 9.17) is 33.2 Å². The highest BCUT2D eigenvalue weighted by Gasteiger charge is 2.07. The number of carbonyl (C=O) groups is 2. The van der Waals surface area contributed by atoms with Crippen molar-refractivity contribution in [1.29, 1.82) is 0 Å². The van der Waals surface area contributed by atoms with E-state index in [1.807, 2.05) is 12.1 Å². The average molecular weight is 724 g/mol. The third kappa shape index (κ3) is 32.2. The smallest absolute Gasteiger partial charge is 0.338 e.